The Morgan fingerprint density at radius 2 is 1.87 bits per heavy atom. The summed E-state index contributed by atoms with van der Waals surface area (Å²) < 4.78 is 11.9. The number of nitrogens with one attached hydrogen (secondary N) is 1. The maximum atomic E-state index is 12.8. The van der Waals surface area contributed by atoms with Crippen LogP contribution < -0.4 is 10.1 Å². The highest BCUT2D eigenvalue weighted by Crippen LogP contribution is 2.34. The van der Waals surface area contributed by atoms with Crippen LogP contribution in [0.15, 0.2) is 57.4 Å². The van der Waals surface area contributed by atoms with Gasteiger partial charge >= 0.3 is 0 Å². The van der Waals surface area contributed by atoms with Crippen LogP contribution in [0.4, 0.5) is 5.69 Å². The molecule has 1 amide bonds. The fourth-order valence-corrected chi connectivity index (χ4v) is 4.05. The minimum atomic E-state index is -0.422. The number of fused-ring (bicyclic) bond motifs is 1. The van der Waals surface area contributed by atoms with Crippen LogP contribution in [-0.2, 0) is 0 Å². The summed E-state index contributed by atoms with van der Waals surface area (Å²) in [6.45, 7) is 0. The molecule has 0 fully saturated rings. The Bertz CT molecular complexity index is 1290. The van der Waals surface area contributed by atoms with Gasteiger partial charge in [0.1, 0.15) is 11.3 Å². The second-order valence-electron chi connectivity index (χ2n) is 6.25. The van der Waals surface area contributed by atoms with E-state index in [0.29, 0.717) is 38.3 Å². The van der Waals surface area contributed by atoms with Crippen molar-refractivity contribution in [1.82, 2.24) is 4.98 Å². The zero-order valence-corrected chi connectivity index (χ0v) is 19.2. The Morgan fingerprint density at radius 3 is 2.63 bits per heavy atom. The average molecular weight is 527 g/mol. The molecule has 0 aliphatic heterocycles. The van der Waals surface area contributed by atoms with Gasteiger partial charge in [-0.2, -0.15) is 0 Å². The molecule has 5 nitrogen and oxygen atoms in total. The van der Waals surface area contributed by atoms with E-state index >= 15 is 0 Å². The second kappa shape index (κ2) is 8.47. The fourth-order valence-electron chi connectivity index (χ4n) is 2.92. The van der Waals surface area contributed by atoms with Crippen LogP contribution in [0, 0.1) is 0 Å². The maximum Gasteiger partial charge on any atom is 0.259 e. The average Bonchev–Trinajstić information content (AvgIpc) is 3.12. The zero-order valence-electron chi connectivity index (χ0n) is 15.3. The highest BCUT2D eigenvalue weighted by molar-refractivity contribution is 9.10. The molecule has 0 aliphatic carbocycles. The first-order valence-electron chi connectivity index (χ1n) is 8.56. The molecule has 0 saturated carbocycles. The van der Waals surface area contributed by atoms with Gasteiger partial charge in [-0.1, -0.05) is 50.7 Å². The number of amides is 1. The Kier molecular flexibility index (Phi) is 5.93. The molecule has 0 atom stereocenters. The number of carbonyl (C=O) groups is 1. The number of rotatable bonds is 4. The number of nitrogens with zero attached hydrogens (tertiary/aromatic N) is 1. The van der Waals surface area contributed by atoms with Crippen molar-refractivity contribution in [3.8, 4) is 17.2 Å². The van der Waals surface area contributed by atoms with Crippen molar-refractivity contribution >= 4 is 73.4 Å². The lowest BCUT2D eigenvalue weighted by Crippen LogP contribution is -2.13. The third-order valence-corrected chi connectivity index (χ3v) is 5.58. The standard InChI is InChI=1S/C21H12BrCl3N2O3/c1-29-19-14(7-11(23)8-16(19)25)20(28)26-12-3-5-18-17(9-12)27-21(30-18)13-6-10(22)2-4-15(13)24/h2-9H,1H3,(H,26,28). The van der Waals surface area contributed by atoms with Gasteiger partial charge in [0.15, 0.2) is 5.58 Å². The van der Waals surface area contributed by atoms with Crippen LogP contribution in [-0.4, -0.2) is 18.0 Å². The molecule has 0 bridgehead atoms. The second-order valence-corrected chi connectivity index (χ2v) is 8.41. The smallest absolute Gasteiger partial charge is 0.259 e. The molecule has 9 heteroatoms. The molecule has 30 heavy (non-hydrogen) atoms. The summed E-state index contributed by atoms with van der Waals surface area (Å²) in [5.41, 5.74) is 2.52. The summed E-state index contributed by atoms with van der Waals surface area (Å²) in [4.78, 5) is 17.3. The molecule has 3 aromatic carbocycles. The minimum Gasteiger partial charge on any atom is -0.494 e. The minimum absolute atomic E-state index is 0.219. The van der Waals surface area contributed by atoms with Gasteiger partial charge in [0, 0.05) is 15.2 Å². The Balaban J connectivity index is 1.67. The molecule has 1 heterocycles. The molecule has 4 aromatic rings. The zero-order chi connectivity index (χ0) is 21.4. The highest BCUT2D eigenvalue weighted by Gasteiger charge is 2.18. The first-order chi connectivity index (χ1) is 14.4. The van der Waals surface area contributed by atoms with Crippen molar-refractivity contribution in [2.75, 3.05) is 12.4 Å². The van der Waals surface area contributed by atoms with Gasteiger partial charge in [-0.25, -0.2) is 4.98 Å². The normalized spacial score (nSPS) is 11.0. The number of aromatic nitrogens is 1. The first kappa shape index (κ1) is 21.0. The predicted octanol–water partition coefficient (Wildman–Crippen LogP) is 7.48. The van der Waals surface area contributed by atoms with Crippen molar-refractivity contribution in [2.45, 2.75) is 0 Å². The molecule has 1 N–H and O–H groups in total. The Morgan fingerprint density at radius 1 is 1.07 bits per heavy atom. The van der Waals surface area contributed by atoms with Crippen LogP contribution >= 0.6 is 50.7 Å². The van der Waals surface area contributed by atoms with E-state index in [4.69, 9.17) is 44.0 Å². The molecule has 0 aliphatic rings. The van der Waals surface area contributed by atoms with Crippen molar-refractivity contribution < 1.29 is 13.9 Å². The Labute approximate surface area is 195 Å². The van der Waals surface area contributed by atoms with E-state index in [9.17, 15) is 4.79 Å². The van der Waals surface area contributed by atoms with E-state index in [1.54, 1.807) is 24.3 Å². The number of carbonyl (C=O) groups excluding carboxylic acids is 1. The third kappa shape index (κ3) is 4.14. The first-order valence-corrected chi connectivity index (χ1v) is 10.5. The summed E-state index contributed by atoms with van der Waals surface area (Å²) in [6.07, 6.45) is 0. The van der Waals surface area contributed by atoms with Crippen LogP contribution in [0.3, 0.4) is 0 Å². The van der Waals surface area contributed by atoms with Crippen LogP contribution in [0.1, 0.15) is 10.4 Å². The molecular weight excluding hydrogens is 515 g/mol. The number of hydrogen-bond acceptors (Lipinski definition) is 4. The Hall–Kier alpha value is -2.25. The van der Waals surface area contributed by atoms with Gasteiger partial charge in [0.25, 0.3) is 5.91 Å². The lowest BCUT2D eigenvalue weighted by Gasteiger charge is -2.11. The van der Waals surface area contributed by atoms with Gasteiger partial charge in [0.2, 0.25) is 5.89 Å². The van der Waals surface area contributed by atoms with Gasteiger partial charge in [0.05, 0.1) is 28.3 Å². The molecule has 0 unspecified atom stereocenters. The number of benzene rings is 3. The van der Waals surface area contributed by atoms with Crippen molar-refractivity contribution in [1.29, 1.82) is 0 Å². The number of anilines is 1. The SMILES string of the molecule is COc1c(Cl)cc(Cl)cc1C(=O)Nc1ccc2oc(-c3cc(Br)ccc3Cl)nc2c1. The monoisotopic (exact) mass is 524 g/mol. The summed E-state index contributed by atoms with van der Waals surface area (Å²) in [5.74, 6) is 0.199. The molecule has 0 spiro atoms. The van der Waals surface area contributed by atoms with Crippen molar-refractivity contribution in [3.63, 3.8) is 0 Å². The topological polar surface area (TPSA) is 64.4 Å². The summed E-state index contributed by atoms with van der Waals surface area (Å²) >= 11 is 21.8. The molecular formula is C21H12BrCl3N2O3. The van der Waals surface area contributed by atoms with Gasteiger partial charge in [-0.3, -0.25) is 4.79 Å². The number of methoxy groups -OCH3 is 1. The van der Waals surface area contributed by atoms with Crippen LogP contribution in [0.5, 0.6) is 5.75 Å². The lowest BCUT2D eigenvalue weighted by molar-refractivity contribution is 0.102. The molecule has 0 radical (unpaired) electrons. The van der Waals surface area contributed by atoms with E-state index in [1.165, 1.54) is 19.2 Å². The summed E-state index contributed by atoms with van der Waals surface area (Å²) in [7, 11) is 1.43. The molecule has 0 saturated heterocycles. The molecule has 4 rings (SSSR count). The third-order valence-electron chi connectivity index (χ3n) is 4.26. The highest BCUT2D eigenvalue weighted by atomic mass is 79.9. The van der Waals surface area contributed by atoms with E-state index in [2.05, 4.69) is 26.2 Å². The van der Waals surface area contributed by atoms with Crippen molar-refractivity contribution in [2.24, 2.45) is 0 Å². The molecule has 152 valence electrons. The maximum absolute atomic E-state index is 12.8. The largest absolute Gasteiger partial charge is 0.494 e. The molecule has 1 aromatic heterocycles. The van der Waals surface area contributed by atoms with Gasteiger partial charge < -0.3 is 14.5 Å². The predicted molar refractivity (Wildman–Crippen MR) is 123 cm³/mol. The summed E-state index contributed by atoms with van der Waals surface area (Å²) in [5, 5.41) is 3.89. The van der Waals surface area contributed by atoms with Crippen LogP contribution in [0.25, 0.3) is 22.6 Å². The van der Waals surface area contributed by atoms with E-state index in [1.807, 2.05) is 12.1 Å². The number of hydrogen-bond donors (Lipinski definition) is 1. The van der Waals surface area contributed by atoms with E-state index in [0.717, 1.165) is 4.47 Å². The fraction of sp³-hybridized carbons (Fsp3) is 0.0476. The quantitative estimate of drug-likeness (QED) is 0.299. The van der Waals surface area contributed by atoms with Gasteiger partial charge in [-0.05, 0) is 48.5 Å². The summed E-state index contributed by atoms with van der Waals surface area (Å²) in [6, 6.07) is 13.5. The van der Waals surface area contributed by atoms with Gasteiger partial charge in [-0.15, -0.1) is 0 Å². The van der Waals surface area contributed by atoms with E-state index in [-0.39, 0.29) is 16.3 Å². The lowest BCUT2D eigenvalue weighted by atomic mass is 10.1. The van der Waals surface area contributed by atoms with Crippen molar-refractivity contribution in [3.05, 3.63) is 73.6 Å². The number of halogens is 4. The number of ether oxygens (including phenoxy) is 1. The van der Waals surface area contributed by atoms with E-state index < -0.39 is 5.91 Å². The number of oxazole rings is 1. The van der Waals surface area contributed by atoms with Crippen LogP contribution in [0.2, 0.25) is 15.1 Å².